The molecule has 0 fully saturated rings. The zero-order valence-electron chi connectivity index (χ0n) is 10.7. The summed E-state index contributed by atoms with van der Waals surface area (Å²) >= 11 is 0. The first-order chi connectivity index (χ1) is 9.17. The van der Waals surface area contributed by atoms with E-state index in [1.165, 1.54) is 0 Å². The molecule has 8 heteroatoms. The van der Waals surface area contributed by atoms with Gasteiger partial charge in [-0.3, -0.25) is 10.9 Å². The first-order valence-corrected chi connectivity index (χ1v) is 5.74. The summed E-state index contributed by atoms with van der Waals surface area (Å²) < 4.78 is 0. The molecule has 0 spiro atoms. The molecule has 1 aromatic carbocycles. The minimum absolute atomic E-state index is 0.0129. The van der Waals surface area contributed by atoms with Crippen molar-refractivity contribution in [2.24, 2.45) is 0 Å². The minimum Gasteiger partial charge on any atom is -0.392 e. The van der Waals surface area contributed by atoms with Crippen molar-refractivity contribution in [2.45, 2.75) is 13.5 Å². The van der Waals surface area contributed by atoms with Gasteiger partial charge in [0.25, 0.3) is 0 Å². The molecule has 7 N–H and O–H groups in total. The van der Waals surface area contributed by atoms with E-state index in [0.29, 0.717) is 6.67 Å². The number of aryl methyl sites for hydroxylation is 1. The molecule has 0 atom stereocenters. The van der Waals surface area contributed by atoms with E-state index in [1.807, 2.05) is 25.1 Å². The Morgan fingerprint density at radius 1 is 1.21 bits per heavy atom. The van der Waals surface area contributed by atoms with Crippen LogP contribution in [0.5, 0.6) is 0 Å². The number of urea groups is 1. The van der Waals surface area contributed by atoms with Gasteiger partial charge in [-0.25, -0.2) is 15.6 Å². The Hall–Kier alpha value is -1.87. The first-order valence-electron chi connectivity index (χ1n) is 5.74. The second-order valence-electron chi connectivity index (χ2n) is 3.75. The lowest BCUT2D eigenvalue weighted by molar-refractivity contribution is 0.210. The summed E-state index contributed by atoms with van der Waals surface area (Å²) in [4.78, 5) is 11.0. The molecule has 0 saturated carbocycles. The van der Waals surface area contributed by atoms with Gasteiger partial charge in [0.05, 0.1) is 13.3 Å². The van der Waals surface area contributed by atoms with Gasteiger partial charge in [0.1, 0.15) is 6.73 Å². The van der Waals surface area contributed by atoms with Crippen LogP contribution in [-0.4, -0.2) is 29.6 Å². The number of carbonyl (C=O) groups excluding carboxylic acids is 1. The number of carbonyl (C=O) groups is 1. The fraction of sp³-hybridized carbons (Fsp3) is 0.364. The smallest absolute Gasteiger partial charge is 0.343 e. The molecule has 0 saturated heterocycles. The largest absolute Gasteiger partial charge is 0.392 e. The molecule has 1 rings (SSSR count). The van der Waals surface area contributed by atoms with Crippen molar-refractivity contribution in [2.75, 3.05) is 18.7 Å². The summed E-state index contributed by atoms with van der Waals surface area (Å²) in [5, 5.41) is 20.5. The van der Waals surface area contributed by atoms with Crippen LogP contribution < -0.4 is 27.0 Å². The molecular formula is C11H19N5O3. The molecule has 0 aliphatic carbocycles. The van der Waals surface area contributed by atoms with Crippen molar-refractivity contribution in [3.05, 3.63) is 29.3 Å². The molecule has 106 valence electrons. The Bertz CT molecular complexity index is 413. The zero-order chi connectivity index (χ0) is 14.1. The van der Waals surface area contributed by atoms with Crippen molar-refractivity contribution in [3.8, 4) is 0 Å². The lowest BCUT2D eigenvalue weighted by Crippen LogP contribution is -2.50. The van der Waals surface area contributed by atoms with Gasteiger partial charge < -0.3 is 15.5 Å². The Balaban J connectivity index is 2.27. The normalized spacial score (nSPS) is 10.1. The van der Waals surface area contributed by atoms with Crippen LogP contribution in [0.4, 0.5) is 10.5 Å². The van der Waals surface area contributed by atoms with E-state index in [4.69, 9.17) is 10.2 Å². The Morgan fingerprint density at radius 2 is 1.95 bits per heavy atom. The van der Waals surface area contributed by atoms with Crippen LogP contribution in [0.2, 0.25) is 0 Å². The Labute approximate surface area is 111 Å². The van der Waals surface area contributed by atoms with E-state index in [0.717, 1.165) is 16.8 Å². The van der Waals surface area contributed by atoms with Gasteiger partial charge in [0, 0.05) is 5.69 Å². The van der Waals surface area contributed by atoms with E-state index in [2.05, 4.69) is 27.0 Å². The van der Waals surface area contributed by atoms with Crippen molar-refractivity contribution in [1.82, 2.24) is 21.7 Å². The van der Waals surface area contributed by atoms with Crippen molar-refractivity contribution in [3.63, 3.8) is 0 Å². The Kier molecular flexibility index (Phi) is 6.61. The van der Waals surface area contributed by atoms with Crippen LogP contribution in [-0.2, 0) is 6.61 Å². The van der Waals surface area contributed by atoms with Gasteiger partial charge in [-0.1, -0.05) is 12.1 Å². The Morgan fingerprint density at radius 3 is 2.58 bits per heavy atom. The van der Waals surface area contributed by atoms with Gasteiger partial charge in [-0.05, 0) is 24.1 Å². The number of hydrazine groups is 2. The number of aliphatic hydroxyl groups excluding tert-OH is 2. The van der Waals surface area contributed by atoms with E-state index in [9.17, 15) is 4.79 Å². The van der Waals surface area contributed by atoms with Crippen LogP contribution in [0.25, 0.3) is 0 Å². The molecular weight excluding hydrogens is 250 g/mol. The summed E-state index contributed by atoms with van der Waals surface area (Å²) in [6.07, 6.45) is 0. The van der Waals surface area contributed by atoms with Crippen LogP contribution in [0, 0.1) is 6.92 Å². The molecule has 0 aromatic heterocycles. The van der Waals surface area contributed by atoms with E-state index >= 15 is 0 Å². The molecule has 0 aliphatic heterocycles. The molecule has 0 bridgehead atoms. The molecule has 1 aromatic rings. The van der Waals surface area contributed by atoms with Crippen LogP contribution in [0.1, 0.15) is 11.1 Å². The number of hydrogen-bond donors (Lipinski definition) is 7. The van der Waals surface area contributed by atoms with E-state index in [1.54, 1.807) is 0 Å². The summed E-state index contributed by atoms with van der Waals surface area (Å²) in [7, 11) is 0. The number of benzene rings is 1. The maximum absolute atomic E-state index is 11.0. The summed E-state index contributed by atoms with van der Waals surface area (Å²) in [6.45, 7) is 1.92. The number of rotatable bonds is 7. The van der Waals surface area contributed by atoms with Crippen molar-refractivity contribution < 1.29 is 15.0 Å². The van der Waals surface area contributed by atoms with Gasteiger partial charge in [0.2, 0.25) is 0 Å². The number of nitrogens with one attached hydrogen (secondary N) is 5. The first kappa shape index (κ1) is 15.2. The minimum atomic E-state index is -0.511. The standard InChI is InChI=1S/C11H19N5O3/c1-8-4-9(5-17)2-3-10(8)12-6-13-15-11(19)16-14-7-18/h2-4,12-14,17-18H,5-7H2,1H3,(H2,15,16,19). The van der Waals surface area contributed by atoms with Gasteiger partial charge in [0.15, 0.2) is 0 Å². The highest BCUT2D eigenvalue weighted by Crippen LogP contribution is 2.15. The maximum atomic E-state index is 11.0. The van der Waals surface area contributed by atoms with E-state index < -0.39 is 6.03 Å². The average Bonchev–Trinajstić information content (AvgIpc) is 2.42. The monoisotopic (exact) mass is 269 g/mol. The quantitative estimate of drug-likeness (QED) is 0.196. The van der Waals surface area contributed by atoms with Crippen molar-refractivity contribution >= 4 is 11.7 Å². The van der Waals surface area contributed by atoms with Crippen LogP contribution >= 0.6 is 0 Å². The number of amides is 2. The second kappa shape index (κ2) is 8.27. The fourth-order valence-corrected chi connectivity index (χ4v) is 1.44. The average molecular weight is 269 g/mol. The summed E-state index contributed by atoms with van der Waals surface area (Å²) in [6, 6.07) is 5.05. The SMILES string of the molecule is Cc1cc(CO)ccc1NCNNC(=O)NNCO. The topological polar surface area (TPSA) is 118 Å². The van der Waals surface area contributed by atoms with Crippen LogP contribution in [0.3, 0.4) is 0 Å². The molecule has 0 aliphatic rings. The predicted molar refractivity (Wildman–Crippen MR) is 70.6 cm³/mol. The van der Waals surface area contributed by atoms with E-state index in [-0.39, 0.29) is 13.3 Å². The predicted octanol–water partition coefficient (Wildman–Crippen LogP) is -0.885. The molecule has 8 nitrogen and oxygen atoms in total. The van der Waals surface area contributed by atoms with Gasteiger partial charge >= 0.3 is 6.03 Å². The maximum Gasteiger partial charge on any atom is 0.343 e. The number of anilines is 1. The van der Waals surface area contributed by atoms with Crippen LogP contribution in [0.15, 0.2) is 18.2 Å². The molecule has 0 radical (unpaired) electrons. The number of aliphatic hydroxyl groups is 2. The number of hydrogen-bond acceptors (Lipinski definition) is 6. The van der Waals surface area contributed by atoms with Crippen molar-refractivity contribution in [1.29, 1.82) is 0 Å². The zero-order valence-corrected chi connectivity index (χ0v) is 10.7. The molecule has 0 heterocycles. The van der Waals surface area contributed by atoms with Gasteiger partial charge in [-0.2, -0.15) is 0 Å². The summed E-state index contributed by atoms with van der Waals surface area (Å²) in [5.74, 6) is 0. The third kappa shape index (κ3) is 5.53. The molecule has 2 amide bonds. The summed E-state index contributed by atoms with van der Waals surface area (Å²) in [5.41, 5.74) is 12.2. The lowest BCUT2D eigenvalue weighted by atomic mass is 10.1. The highest BCUT2D eigenvalue weighted by Gasteiger charge is 2.00. The fourth-order valence-electron chi connectivity index (χ4n) is 1.44. The molecule has 0 unspecified atom stereocenters. The third-order valence-electron chi connectivity index (χ3n) is 2.32. The molecule has 19 heavy (non-hydrogen) atoms. The van der Waals surface area contributed by atoms with Gasteiger partial charge in [-0.15, -0.1) is 0 Å². The lowest BCUT2D eigenvalue weighted by Gasteiger charge is -2.12. The highest BCUT2D eigenvalue weighted by molar-refractivity contribution is 5.72. The third-order valence-corrected chi connectivity index (χ3v) is 2.32. The second-order valence-corrected chi connectivity index (χ2v) is 3.75. The highest BCUT2D eigenvalue weighted by atomic mass is 16.3.